The molecular formula is C28H29NO6. The summed E-state index contributed by atoms with van der Waals surface area (Å²) in [7, 11) is 0. The minimum absolute atomic E-state index is 0.00327. The second-order valence-corrected chi connectivity index (χ2v) is 8.46. The van der Waals surface area contributed by atoms with Crippen LogP contribution in [0.25, 0.3) is 0 Å². The van der Waals surface area contributed by atoms with E-state index in [2.05, 4.69) is 5.32 Å². The number of phenolic OH excluding ortho intramolecular Hbond substituents is 1. The van der Waals surface area contributed by atoms with Crippen molar-refractivity contribution in [3.8, 4) is 11.5 Å². The summed E-state index contributed by atoms with van der Waals surface area (Å²) in [4.78, 5) is 39.2. The molecule has 0 aliphatic rings. The Morgan fingerprint density at radius 1 is 0.800 bits per heavy atom. The summed E-state index contributed by atoms with van der Waals surface area (Å²) < 4.78 is 0. The molecule has 1 unspecified atom stereocenters. The summed E-state index contributed by atoms with van der Waals surface area (Å²) in [5.74, 6) is -2.98. The van der Waals surface area contributed by atoms with Gasteiger partial charge in [-0.3, -0.25) is 14.4 Å². The number of aliphatic hydroxyl groups is 1. The highest BCUT2D eigenvalue weighted by Gasteiger charge is 2.33. The van der Waals surface area contributed by atoms with Crippen LogP contribution in [0, 0.1) is 12.8 Å². The number of carbonyl (C=O) groups is 3. The van der Waals surface area contributed by atoms with E-state index in [1.807, 2.05) is 0 Å². The first-order chi connectivity index (χ1) is 16.8. The average Bonchev–Trinajstić information content (AvgIpc) is 2.85. The van der Waals surface area contributed by atoms with E-state index in [1.54, 1.807) is 67.6 Å². The molecular weight excluding hydrogens is 446 g/mol. The van der Waals surface area contributed by atoms with Gasteiger partial charge in [-0.2, -0.15) is 0 Å². The lowest BCUT2D eigenvalue weighted by molar-refractivity contribution is -0.138. The lowest BCUT2D eigenvalue weighted by atomic mass is 9.90. The van der Waals surface area contributed by atoms with E-state index >= 15 is 0 Å². The molecule has 4 N–H and O–H groups in total. The van der Waals surface area contributed by atoms with Crippen molar-refractivity contribution >= 4 is 23.2 Å². The third-order valence-corrected chi connectivity index (χ3v) is 5.84. The molecule has 1 atom stereocenters. The van der Waals surface area contributed by atoms with Crippen molar-refractivity contribution in [1.29, 1.82) is 0 Å². The van der Waals surface area contributed by atoms with Crippen LogP contribution in [0.3, 0.4) is 0 Å². The predicted molar refractivity (Wildman–Crippen MR) is 132 cm³/mol. The van der Waals surface area contributed by atoms with Crippen LogP contribution in [0.4, 0.5) is 5.69 Å². The van der Waals surface area contributed by atoms with Crippen LogP contribution in [0.1, 0.15) is 35.1 Å². The van der Waals surface area contributed by atoms with E-state index in [4.69, 9.17) is 0 Å². The van der Waals surface area contributed by atoms with Crippen molar-refractivity contribution < 1.29 is 29.7 Å². The summed E-state index contributed by atoms with van der Waals surface area (Å²) >= 11 is 0. The summed E-state index contributed by atoms with van der Waals surface area (Å²) in [5, 5.41) is 31.4. The quantitative estimate of drug-likeness (QED) is 0.312. The lowest BCUT2D eigenvalue weighted by Crippen LogP contribution is -2.36. The Labute approximate surface area is 204 Å². The molecule has 0 aromatic heterocycles. The van der Waals surface area contributed by atoms with Gasteiger partial charge in [0.15, 0.2) is 17.5 Å². The maximum Gasteiger partial charge on any atom is 0.242 e. The summed E-state index contributed by atoms with van der Waals surface area (Å²) in [6.07, 6.45) is 0.537. The van der Waals surface area contributed by atoms with Gasteiger partial charge in [-0.05, 0) is 66.8 Å². The van der Waals surface area contributed by atoms with Gasteiger partial charge in [0, 0.05) is 24.1 Å². The van der Waals surface area contributed by atoms with E-state index in [0.717, 1.165) is 5.56 Å². The monoisotopic (exact) mass is 475 g/mol. The number of carbonyl (C=O) groups excluding carboxylic acids is 3. The van der Waals surface area contributed by atoms with Crippen molar-refractivity contribution in [2.24, 2.45) is 5.92 Å². The van der Waals surface area contributed by atoms with E-state index in [0.29, 0.717) is 28.8 Å². The van der Waals surface area contributed by atoms with Crippen LogP contribution in [-0.4, -0.2) is 32.8 Å². The molecule has 3 rings (SSSR count). The smallest absolute Gasteiger partial charge is 0.242 e. The number of rotatable bonds is 11. The molecule has 0 saturated heterocycles. The Bertz CT molecular complexity index is 1210. The van der Waals surface area contributed by atoms with E-state index in [9.17, 15) is 29.7 Å². The average molecular weight is 476 g/mol. The number of anilines is 1. The van der Waals surface area contributed by atoms with Crippen LogP contribution < -0.4 is 5.32 Å². The van der Waals surface area contributed by atoms with E-state index in [1.165, 1.54) is 6.07 Å². The largest absolute Gasteiger partial charge is 0.508 e. The fourth-order valence-electron chi connectivity index (χ4n) is 3.83. The Balaban J connectivity index is 1.74. The molecule has 182 valence electrons. The maximum absolute atomic E-state index is 13.1. The molecule has 0 aliphatic heterocycles. The Morgan fingerprint density at radius 3 is 1.94 bits per heavy atom. The van der Waals surface area contributed by atoms with Crippen LogP contribution in [0.5, 0.6) is 11.5 Å². The van der Waals surface area contributed by atoms with Gasteiger partial charge in [-0.1, -0.05) is 36.4 Å². The molecule has 1 amide bonds. The molecule has 3 aromatic rings. The Morgan fingerprint density at radius 2 is 1.37 bits per heavy atom. The molecule has 0 spiro atoms. The number of aliphatic hydroxyl groups excluding tert-OH is 1. The van der Waals surface area contributed by atoms with Crippen LogP contribution >= 0.6 is 0 Å². The van der Waals surface area contributed by atoms with E-state index in [-0.39, 0.29) is 37.4 Å². The molecule has 7 heteroatoms. The first-order valence-electron chi connectivity index (χ1n) is 11.4. The standard InChI is InChI=1S/C28H29NO6/c1-18-15-19(7-11-23(18)31)9-13-25(33)27(28(35)29-22-5-3-2-4-6-22)26(34)14-10-20-8-12-24(32)21(16-20)17-30/h2-8,11-12,15-16,27,30-32H,9-10,13-14,17H2,1H3,(H,29,35). The molecule has 0 aliphatic carbocycles. The summed E-state index contributed by atoms with van der Waals surface area (Å²) in [5.41, 5.74) is 3.04. The first-order valence-corrected chi connectivity index (χ1v) is 11.4. The first kappa shape index (κ1) is 25.6. The number of hydrogen-bond acceptors (Lipinski definition) is 6. The van der Waals surface area contributed by atoms with Crippen molar-refractivity contribution in [2.75, 3.05) is 5.32 Å². The SMILES string of the molecule is Cc1cc(CCC(=O)C(C(=O)CCc2ccc(O)c(CO)c2)C(=O)Nc2ccccc2)ccc1O. The minimum Gasteiger partial charge on any atom is -0.508 e. The molecule has 35 heavy (non-hydrogen) atoms. The number of benzene rings is 3. The van der Waals surface area contributed by atoms with Gasteiger partial charge in [-0.15, -0.1) is 0 Å². The molecule has 0 heterocycles. The number of Topliss-reactive ketones (excluding diaryl/α,β-unsaturated/α-hetero) is 2. The van der Waals surface area contributed by atoms with Gasteiger partial charge < -0.3 is 20.6 Å². The number of aryl methyl sites for hydroxylation is 3. The number of nitrogens with one attached hydrogen (secondary N) is 1. The lowest BCUT2D eigenvalue weighted by Gasteiger charge is -2.16. The maximum atomic E-state index is 13.1. The molecule has 0 radical (unpaired) electrons. The molecule has 0 fully saturated rings. The van der Waals surface area contributed by atoms with Crippen LogP contribution in [0.15, 0.2) is 66.7 Å². The van der Waals surface area contributed by atoms with Crippen LogP contribution in [-0.2, 0) is 33.8 Å². The number of amides is 1. The second kappa shape index (κ2) is 11.9. The van der Waals surface area contributed by atoms with Crippen molar-refractivity contribution in [3.63, 3.8) is 0 Å². The molecule has 0 saturated carbocycles. The molecule has 7 nitrogen and oxygen atoms in total. The van der Waals surface area contributed by atoms with Gasteiger partial charge in [-0.25, -0.2) is 0 Å². The topological polar surface area (TPSA) is 124 Å². The van der Waals surface area contributed by atoms with E-state index < -0.39 is 23.4 Å². The zero-order valence-corrected chi connectivity index (χ0v) is 19.5. The highest BCUT2D eigenvalue weighted by molar-refractivity contribution is 6.21. The molecule has 0 bridgehead atoms. The number of para-hydroxylation sites is 1. The fraction of sp³-hybridized carbons (Fsp3) is 0.250. The second-order valence-electron chi connectivity index (χ2n) is 8.46. The Kier molecular flexibility index (Phi) is 8.75. The normalized spacial score (nSPS) is 11.6. The minimum atomic E-state index is -1.46. The van der Waals surface area contributed by atoms with Gasteiger partial charge >= 0.3 is 0 Å². The predicted octanol–water partition coefficient (Wildman–Crippen LogP) is 3.86. The van der Waals surface area contributed by atoms with Crippen molar-refractivity contribution in [1.82, 2.24) is 0 Å². The highest BCUT2D eigenvalue weighted by Crippen LogP contribution is 2.22. The third kappa shape index (κ3) is 7.01. The van der Waals surface area contributed by atoms with Gasteiger partial charge in [0.25, 0.3) is 0 Å². The zero-order chi connectivity index (χ0) is 25.4. The molecule has 3 aromatic carbocycles. The van der Waals surface area contributed by atoms with Crippen molar-refractivity contribution in [2.45, 2.75) is 39.2 Å². The fourth-order valence-corrected chi connectivity index (χ4v) is 3.83. The number of ketones is 2. The summed E-state index contributed by atoms with van der Waals surface area (Å²) in [6.45, 7) is 1.41. The van der Waals surface area contributed by atoms with Gasteiger partial charge in [0.05, 0.1) is 6.61 Å². The van der Waals surface area contributed by atoms with Crippen LogP contribution in [0.2, 0.25) is 0 Å². The van der Waals surface area contributed by atoms with Crippen molar-refractivity contribution in [3.05, 3.63) is 89.0 Å². The highest BCUT2D eigenvalue weighted by atomic mass is 16.3. The zero-order valence-electron chi connectivity index (χ0n) is 19.5. The summed E-state index contributed by atoms with van der Waals surface area (Å²) in [6, 6.07) is 18.3. The number of hydrogen-bond donors (Lipinski definition) is 4. The Hall–Kier alpha value is -3.97. The number of aromatic hydroxyl groups is 2. The number of phenols is 2. The third-order valence-electron chi connectivity index (χ3n) is 5.84. The van der Waals surface area contributed by atoms with Gasteiger partial charge in [0.1, 0.15) is 11.5 Å². The van der Waals surface area contributed by atoms with Gasteiger partial charge in [0.2, 0.25) is 5.91 Å².